The summed E-state index contributed by atoms with van der Waals surface area (Å²) < 4.78 is 30.6. The molecule has 0 aromatic rings. The van der Waals surface area contributed by atoms with Crippen LogP contribution in [-0.2, 0) is 27.9 Å². The highest BCUT2D eigenvalue weighted by atomic mass is 31.2. The molecule has 9 nitrogen and oxygen atoms in total. The van der Waals surface area contributed by atoms with Crippen LogP contribution in [0.25, 0.3) is 0 Å². The summed E-state index contributed by atoms with van der Waals surface area (Å²) in [6.45, 7) is 6.81. The number of unbranched alkanes of at least 4 members (excludes halogenated alkanes) is 20. The van der Waals surface area contributed by atoms with Gasteiger partial charge >= 0.3 is 13.8 Å². The maximum atomic E-state index is 13.5. The fourth-order valence-electron chi connectivity index (χ4n) is 7.58. The number of likely N-dealkylation sites (N-methyl/N-ethyl adjacent to an activating group) is 1. The van der Waals surface area contributed by atoms with Gasteiger partial charge in [-0.2, -0.15) is 0 Å². The molecule has 71 heavy (non-hydrogen) atoms. The number of hydrogen-bond donors (Lipinski definition) is 2. The number of ether oxygens (including phenoxy) is 1. The van der Waals surface area contributed by atoms with Crippen molar-refractivity contribution in [2.75, 3.05) is 40.9 Å². The first kappa shape index (κ1) is 67.9. The van der Waals surface area contributed by atoms with Crippen LogP contribution >= 0.6 is 7.82 Å². The van der Waals surface area contributed by atoms with Crippen LogP contribution < -0.4 is 5.32 Å². The van der Waals surface area contributed by atoms with Crippen molar-refractivity contribution in [3.8, 4) is 0 Å². The van der Waals surface area contributed by atoms with Gasteiger partial charge in [-0.15, -0.1) is 0 Å². The lowest BCUT2D eigenvalue weighted by Crippen LogP contribution is -2.47. The Morgan fingerprint density at radius 1 is 0.507 bits per heavy atom. The third kappa shape index (κ3) is 51.6. The van der Waals surface area contributed by atoms with Crippen molar-refractivity contribution in [1.82, 2.24) is 5.32 Å². The summed E-state index contributed by atoms with van der Waals surface area (Å²) in [5, 5.41) is 3.02. The van der Waals surface area contributed by atoms with Crippen LogP contribution in [0, 0.1) is 0 Å². The van der Waals surface area contributed by atoms with E-state index in [-0.39, 0.29) is 37.9 Å². The van der Waals surface area contributed by atoms with Crippen LogP contribution in [0.2, 0.25) is 0 Å². The highest BCUT2D eigenvalue weighted by Crippen LogP contribution is 2.43. The number of carbonyl (C=O) groups excluding carboxylic acids is 2. The molecule has 0 saturated carbocycles. The molecule has 408 valence electrons. The van der Waals surface area contributed by atoms with Gasteiger partial charge < -0.3 is 19.4 Å². The SMILES string of the molecule is CC/C=C/C/C=C/C/C=C/C/C=C/CCCCCC(=O)NC(COP(=O)(O)OCC[N+](C)(C)C)C(/C=C/CCCCCCCCCCCC)OC(=O)CCCCCC/C=C\C/C=C\C/C=C\CCCCC. The minimum atomic E-state index is -4.46. The van der Waals surface area contributed by atoms with Gasteiger partial charge in [-0.3, -0.25) is 18.6 Å². The van der Waals surface area contributed by atoms with Gasteiger partial charge in [0.15, 0.2) is 0 Å². The lowest BCUT2D eigenvalue weighted by molar-refractivity contribution is -0.870. The van der Waals surface area contributed by atoms with E-state index in [1.54, 1.807) is 0 Å². The quantitative estimate of drug-likeness (QED) is 0.0205. The summed E-state index contributed by atoms with van der Waals surface area (Å²) in [7, 11) is 1.45. The summed E-state index contributed by atoms with van der Waals surface area (Å²) in [6, 6.07) is -0.879. The molecular weight excluding hydrogens is 904 g/mol. The molecule has 0 heterocycles. The Balaban J connectivity index is 5.46. The van der Waals surface area contributed by atoms with Crippen molar-refractivity contribution in [3.05, 3.63) is 97.2 Å². The number of nitrogens with one attached hydrogen (secondary N) is 1. The second kappa shape index (κ2) is 50.5. The van der Waals surface area contributed by atoms with E-state index in [2.05, 4.69) is 111 Å². The molecule has 1 amide bonds. The molecule has 0 fully saturated rings. The zero-order valence-corrected chi connectivity index (χ0v) is 47.3. The zero-order valence-electron chi connectivity index (χ0n) is 46.4. The molecular formula is C61H108N2O7P+. The van der Waals surface area contributed by atoms with E-state index < -0.39 is 20.0 Å². The highest BCUT2D eigenvalue weighted by molar-refractivity contribution is 7.47. The molecule has 0 saturated heterocycles. The summed E-state index contributed by atoms with van der Waals surface area (Å²) >= 11 is 0. The molecule has 3 unspecified atom stereocenters. The predicted octanol–water partition coefficient (Wildman–Crippen LogP) is 17.2. The molecule has 10 heteroatoms. The Labute approximate surface area is 437 Å². The smallest absolute Gasteiger partial charge is 0.456 e. The molecule has 0 radical (unpaired) electrons. The van der Waals surface area contributed by atoms with Gasteiger partial charge in [-0.1, -0.05) is 202 Å². The van der Waals surface area contributed by atoms with Crippen molar-refractivity contribution in [3.63, 3.8) is 0 Å². The Bertz CT molecular complexity index is 1540. The first-order valence-electron chi connectivity index (χ1n) is 28.6. The van der Waals surface area contributed by atoms with Crippen molar-refractivity contribution in [2.24, 2.45) is 0 Å². The van der Waals surface area contributed by atoms with Gasteiger partial charge in [-0.05, 0) is 109 Å². The standard InChI is InChI=1S/C61H107N2O7P/c1-7-10-13-16-19-22-25-28-30-32-34-36-39-42-45-48-51-54-61(65)70-59(52-49-46-43-40-37-27-24-21-18-15-12-9-3)58(57-69-71(66,67)68-56-55-63(4,5)6)62-60(64)53-50-47-44-41-38-35-33-31-29-26-23-20-17-14-11-8-2/h11,14,19-20,22-23,28-31,34-36,38,49,52,58-59H,7-10,12-13,15-18,21,24-27,32-33,37,39-48,50-51,53-57H2,1-6H3,(H-,62,64,66,67)/p+1/b14-11+,22-19-,23-20+,30-28-,31-29+,36-34-,38-35+,52-49+. The molecule has 0 aliphatic heterocycles. The van der Waals surface area contributed by atoms with E-state index in [1.165, 1.54) is 77.0 Å². The summed E-state index contributed by atoms with van der Waals surface area (Å²) in [4.78, 5) is 37.6. The molecule has 0 aromatic carbocycles. The third-order valence-electron chi connectivity index (χ3n) is 12.0. The van der Waals surface area contributed by atoms with E-state index in [0.717, 1.165) is 103 Å². The van der Waals surface area contributed by atoms with Gasteiger partial charge in [0.2, 0.25) is 5.91 Å². The van der Waals surface area contributed by atoms with Crippen LogP contribution in [0.4, 0.5) is 0 Å². The average Bonchev–Trinajstić information content (AvgIpc) is 3.33. The normalized spacial score (nSPS) is 14.5. The van der Waals surface area contributed by atoms with Crippen molar-refractivity contribution in [2.45, 2.75) is 238 Å². The number of nitrogens with zero attached hydrogens (tertiary/aromatic N) is 1. The summed E-state index contributed by atoms with van der Waals surface area (Å²) in [6.07, 6.45) is 66.9. The predicted molar refractivity (Wildman–Crippen MR) is 304 cm³/mol. The third-order valence-corrected chi connectivity index (χ3v) is 13.0. The van der Waals surface area contributed by atoms with Crippen molar-refractivity contribution in [1.29, 1.82) is 0 Å². The lowest BCUT2D eigenvalue weighted by atomic mass is 10.1. The number of carbonyl (C=O) groups is 2. The minimum Gasteiger partial charge on any atom is -0.456 e. The van der Waals surface area contributed by atoms with Crippen LogP contribution in [0.5, 0.6) is 0 Å². The molecule has 0 rings (SSSR count). The molecule has 0 aliphatic rings. The van der Waals surface area contributed by atoms with E-state index in [0.29, 0.717) is 23.9 Å². The van der Waals surface area contributed by atoms with Crippen molar-refractivity contribution >= 4 is 19.7 Å². The van der Waals surface area contributed by atoms with Crippen LogP contribution in [0.1, 0.15) is 226 Å². The van der Waals surface area contributed by atoms with Gasteiger partial charge in [0.1, 0.15) is 19.3 Å². The van der Waals surface area contributed by atoms with Gasteiger partial charge in [0.05, 0.1) is 33.8 Å². The van der Waals surface area contributed by atoms with E-state index in [4.69, 9.17) is 13.8 Å². The Morgan fingerprint density at radius 2 is 0.901 bits per heavy atom. The molecule has 0 spiro atoms. The number of esters is 1. The Kier molecular flexibility index (Phi) is 48.3. The van der Waals surface area contributed by atoms with E-state index in [1.807, 2.05) is 33.3 Å². The largest absolute Gasteiger partial charge is 0.472 e. The van der Waals surface area contributed by atoms with Gasteiger partial charge in [0.25, 0.3) is 0 Å². The maximum Gasteiger partial charge on any atom is 0.472 e. The number of allylic oxidation sites excluding steroid dienone is 15. The fraction of sp³-hybridized carbons (Fsp3) is 0.705. The first-order valence-corrected chi connectivity index (χ1v) is 30.1. The molecule has 0 aromatic heterocycles. The van der Waals surface area contributed by atoms with Crippen LogP contribution in [0.3, 0.4) is 0 Å². The summed E-state index contributed by atoms with van der Waals surface area (Å²) in [5.41, 5.74) is 0. The minimum absolute atomic E-state index is 0.0252. The number of phosphoric acid groups is 1. The monoisotopic (exact) mass is 1010 g/mol. The van der Waals surface area contributed by atoms with Crippen LogP contribution in [0.15, 0.2) is 97.2 Å². The Morgan fingerprint density at radius 3 is 1.39 bits per heavy atom. The second-order valence-electron chi connectivity index (χ2n) is 20.1. The average molecular weight is 1010 g/mol. The number of amides is 1. The molecule has 0 bridgehead atoms. The first-order chi connectivity index (χ1) is 34.4. The molecule has 0 aliphatic carbocycles. The van der Waals surface area contributed by atoms with Gasteiger partial charge in [0, 0.05) is 12.8 Å². The number of quaternary nitrogens is 1. The number of phosphoric ester groups is 1. The lowest BCUT2D eigenvalue weighted by Gasteiger charge is -2.27. The van der Waals surface area contributed by atoms with Gasteiger partial charge in [-0.25, -0.2) is 4.57 Å². The zero-order chi connectivity index (χ0) is 52.2. The molecule has 2 N–H and O–H groups in total. The van der Waals surface area contributed by atoms with Crippen LogP contribution in [-0.4, -0.2) is 74.3 Å². The topological polar surface area (TPSA) is 111 Å². The fourth-order valence-corrected chi connectivity index (χ4v) is 8.32. The Hall–Kier alpha value is -3.07. The second-order valence-corrected chi connectivity index (χ2v) is 21.5. The van der Waals surface area contributed by atoms with Crippen molar-refractivity contribution < 1.29 is 37.3 Å². The summed E-state index contributed by atoms with van der Waals surface area (Å²) in [5.74, 6) is -0.574. The van der Waals surface area contributed by atoms with E-state index in [9.17, 15) is 19.0 Å². The maximum absolute atomic E-state index is 13.5. The van der Waals surface area contributed by atoms with E-state index >= 15 is 0 Å². The number of rotatable bonds is 50. The number of hydrogen-bond acceptors (Lipinski definition) is 6. The molecule has 3 atom stereocenters. The highest BCUT2D eigenvalue weighted by Gasteiger charge is 2.30.